The van der Waals surface area contributed by atoms with Crippen LogP contribution in [0, 0.1) is 5.82 Å². The van der Waals surface area contributed by atoms with Crippen molar-refractivity contribution in [1.29, 1.82) is 0 Å². The number of nitrogen functional groups attached to an aromatic ring is 1. The molecule has 1 heterocycles. The predicted molar refractivity (Wildman–Crippen MR) is 74.0 cm³/mol. The molecule has 5 nitrogen and oxygen atoms in total. The van der Waals surface area contributed by atoms with E-state index in [1.54, 1.807) is 24.3 Å². The average Bonchev–Trinajstić information content (AvgIpc) is 2.91. The molecule has 3 rings (SSSR count). The molecule has 0 aliphatic rings. The summed E-state index contributed by atoms with van der Waals surface area (Å²) in [5, 5.41) is 12.0. The SMILES string of the molecule is Nc1ccc(F)cc1-c1nnnn1-c1ccc(Cl)cc1. The Morgan fingerprint density at radius 2 is 1.85 bits per heavy atom. The normalized spacial score (nSPS) is 10.7. The van der Waals surface area contributed by atoms with Crippen LogP contribution in [-0.2, 0) is 0 Å². The molecule has 0 aliphatic carbocycles. The summed E-state index contributed by atoms with van der Waals surface area (Å²) in [6.45, 7) is 0. The topological polar surface area (TPSA) is 69.6 Å². The van der Waals surface area contributed by atoms with Crippen molar-refractivity contribution in [3.8, 4) is 17.1 Å². The highest BCUT2D eigenvalue weighted by atomic mass is 35.5. The number of nitrogens with zero attached hydrogens (tertiary/aromatic N) is 4. The largest absolute Gasteiger partial charge is 0.398 e. The van der Waals surface area contributed by atoms with Gasteiger partial charge < -0.3 is 5.73 Å². The van der Waals surface area contributed by atoms with E-state index in [-0.39, 0.29) is 0 Å². The van der Waals surface area contributed by atoms with Crippen LogP contribution >= 0.6 is 11.6 Å². The molecule has 100 valence electrons. The molecule has 0 fully saturated rings. The van der Waals surface area contributed by atoms with Gasteiger partial charge in [-0.2, -0.15) is 4.68 Å². The Balaban J connectivity index is 2.15. The number of nitrogens with two attached hydrogens (primary N) is 1. The van der Waals surface area contributed by atoms with E-state index >= 15 is 0 Å². The Morgan fingerprint density at radius 3 is 2.60 bits per heavy atom. The van der Waals surface area contributed by atoms with Crippen LogP contribution in [0.3, 0.4) is 0 Å². The first-order chi connectivity index (χ1) is 9.65. The van der Waals surface area contributed by atoms with Crippen molar-refractivity contribution in [2.75, 3.05) is 5.73 Å². The third-order valence-corrected chi connectivity index (χ3v) is 3.05. The van der Waals surface area contributed by atoms with Gasteiger partial charge in [0.25, 0.3) is 0 Å². The van der Waals surface area contributed by atoms with E-state index in [2.05, 4.69) is 15.5 Å². The number of aromatic nitrogens is 4. The molecule has 2 N–H and O–H groups in total. The van der Waals surface area contributed by atoms with E-state index in [1.165, 1.54) is 22.9 Å². The van der Waals surface area contributed by atoms with Gasteiger partial charge in [0.2, 0.25) is 0 Å². The minimum absolute atomic E-state index is 0.365. The zero-order valence-corrected chi connectivity index (χ0v) is 10.9. The van der Waals surface area contributed by atoms with Crippen molar-refractivity contribution in [2.24, 2.45) is 0 Å². The summed E-state index contributed by atoms with van der Waals surface area (Å²) in [7, 11) is 0. The molecule has 0 saturated heterocycles. The predicted octanol–water partition coefficient (Wildman–Crippen LogP) is 2.70. The highest BCUT2D eigenvalue weighted by Crippen LogP contribution is 2.26. The maximum absolute atomic E-state index is 13.4. The third kappa shape index (κ3) is 2.21. The van der Waals surface area contributed by atoms with E-state index in [0.29, 0.717) is 27.8 Å². The molecule has 0 saturated carbocycles. The number of hydrogen-bond donors (Lipinski definition) is 1. The highest BCUT2D eigenvalue weighted by molar-refractivity contribution is 6.30. The summed E-state index contributed by atoms with van der Waals surface area (Å²) in [5.74, 6) is -0.0378. The van der Waals surface area contributed by atoms with Crippen molar-refractivity contribution in [1.82, 2.24) is 20.2 Å². The molecule has 3 aromatic rings. The molecule has 0 spiro atoms. The van der Waals surface area contributed by atoms with Gasteiger partial charge in [0.15, 0.2) is 5.82 Å². The molecular weight excluding hydrogens is 281 g/mol. The molecule has 1 aromatic heterocycles. The molecule has 0 unspecified atom stereocenters. The summed E-state index contributed by atoms with van der Waals surface area (Å²) < 4.78 is 14.8. The van der Waals surface area contributed by atoms with E-state index in [9.17, 15) is 4.39 Å². The number of rotatable bonds is 2. The lowest BCUT2D eigenvalue weighted by Gasteiger charge is -2.07. The second kappa shape index (κ2) is 4.90. The molecule has 0 radical (unpaired) electrons. The molecule has 0 bridgehead atoms. The van der Waals surface area contributed by atoms with Gasteiger partial charge >= 0.3 is 0 Å². The second-order valence-corrected chi connectivity index (χ2v) is 4.56. The number of anilines is 1. The lowest BCUT2D eigenvalue weighted by molar-refractivity contribution is 0.628. The van der Waals surface area contributed by atoms with Crippen molar-refractivity contribution in [2.45, 2.75) is 0 Å². The van der Waals surface area contributed by atoms with Crippen LogP contribution < -0.4 is 5.73 Å². The Hall–Kier alpha value is -2.47. The summed E-state index contributed by atoms with van der Waals surface area (Å²) in [6.07, 6.45) is 0. The van der Waals surface area contributed by atoms with Gasteiger partial charge in [-0.1, -0.05) is 11.6 Å². The Kier molecular flexibility index (Phi) is 3.08. The number of tetrazole rings is 1. The van der Waals surface area contributed by atoms with Gasteiger partial charge in [0.05, 0.1) is 5.69 Å². The van der Waals surface area contributed by atoms with Gasteiger partial charge in [-0.05, 0) is 52.9 Å². The molecule has 0 amide bonds. The van der Waals surface area contributed by atoms with Crippen LogP contribution in [0.15, 0.2) is 42.5 Å². The fraction of sp³-hybridized carbons (Fsp3) is 0. The number of hydrogen-bond acceptors (Lipinski definition) is 4. The van der Waals surface area contributed by atoms with Crippen LogP contribution in [0.1, 0.15) is 0 Å². The van der Waals surface area contributed by atoms with Crippen LogP contribution in [0.25, 0.3) is 17.1 Å². The van der Waals surface area contributed by atoms with E-state index in [4.69, 9.17) is 17.3 Å². The van der Waals surface area contributed by atoms with Crippen LogP contribution in [0.4, 0.5) is 10.1 Å². The van der Waals surface area contributed by atoms with E-state index in [0.717, 1.165) is 0 Å². The van der Waals surface area contributed by atoms with Crippen LogP contribution in [0.5, 0.6) is 0 Å². The minimum atomic E-state index is -0.403. The van der Waals surface area contributed by atoms with E-state index in [1.807, 2.05) is 0 Å². The first kappa shape index (κ1) is 12.6. The highest BCUT2D eigenvalue weighted by Gasteiger charge is 2.14. The quantitative estimate of drug-likeness (QED) is 0.736. The summed E-state index contributed by atoms with van der Waals surface area (Å²) in [5.41, 5.74) is 7.40. The van der Waals surface area contributed by atoms with Gasteiger partial charge in [-0.25, -0.2) is 4.39 Å². The summed E-state index contributed by atoms with van der Waals surface area (Å²) in [4.78, 5) is 0. The van der Waals surface area contributed by atoms with Crippen molar-refractivity contribution in [3.05, 3.63) is 53.3 Å². The van der Waals surface area contributed by atoms with Crippen molar-refractivity contribution >= 4 is 17.3 Å². The first-order valence-corrected chi connectivity index (χ1v) is 6.12. The zero-order valence-electron chi connectivity index (χ0n) is 10.2. The zero-order chi connectivity index (χ0) is 14.1. The fourth-order valence-corrected chi connectivity index (χ4v) is 1.96. The molecular formula is C13H9ClFN5. The monoisotopic (exact) mass is 289 g/mol. The maximum atomic E-state index is 13.4. The fourth-order valence-electron chi connectivity index (χ4n) is 1.83. The Labute approximate surface area is 118 Å². The summed E-state index contributed by atoms with van der Waals surface area (Å²) >= 11 is 5.85. The van der Waals surface area contributed by atoms with Crippen molar-refractivity contribution < 1.29 is 4.39 Å². The average molecular weight is 290 g/mol. The van der Waals surface area contributed by atoms with Gasteiger partial charge in [-0.15, -0.1) is 5.10 Å². The summed E-state index contributed by atoms with van der Waals surface area (Å²) in [6, 6.07) is 11.0. The lowest BCUT2D eigenvalue weighted by Crippen LogP contribution is -2.02. The molecule has 7 heteroatoms. The van der Waals surface area contributed by atoms with Gasteiger partial charge in [-0.3, -0.25) is 0 Å². The maximum Gasteiger partial charge on any atom is 0.189 e. The number of benzene rings is 2. The van der Waals surface area contributed by atoms with Crippen molar-refractivity contribution in [3.63, 3.8) is 0 Å². The van der Waals surface area contributed by atoms with Gasteiger partial charge in [0, 0.05) is 16.3 Å². The Bertz CT molecular complexity index is 754. The second-order valence-electron chi connectivity index (χ2n) is 4.12. The Morgan fingerprint density at radius 1 is 1.10 bits per heavy atom. The molecule has 20 heavy (non-hydrogen) atoms. The first-order valence-electron chi connectivity index (χ1n) is 5.75. The molecule has 0 atom stereocenters. The van der Waals surface area contributed by atoms with E-state index < -0.39 is 5.82 Å². The minimum Gasteiger partial charge on any atom is -0.398 e. The van der Waals surface area contributed by atoms with Crippen LogP contribution in [0.2, 0.25) is 5.02 Å². The lowest BCUT2D eigenvalue weighted by atomic mass is 10.1. The third-order valence-electron chi connectivity index (χ3n) is 2.80. The standard InChI is InChI=1S/C13H9ClFN5/c14-8-1-4-10(5-2-8)20-13(17-18-19-20)11-7-9(15)3-6-12(11)16/h1-7H,16H2. The molecule has 0 aliphatic heterocycles. The number of halogens is 2. The smallest absolute Gasteiger partial charge is 0.189 e. The van der Waals surface area contributed by atoms with Gasteiger partial charge in [0.1, 0.15) is 5.82 Å². The molecule has 2 aromatic carbocycles. The van der Waals surface area contributed by atoms with Crippen LogP contribution in [-0.4, -0.2) is 20.2 Å².